The van der Waals surface area contributed by atoms with E-state index < -0.39 is 0 Å². The van der Waals surface area contributed by atoms with Crippen molar-refractivity contribution in [2.24, 2.45) is 0 Å². The van der Waals surface area contributed by atoms with E-state index in [2.05, 4.69) is 16.0 Å². The molecule has 0 fully saturated rings. The quantitative estimate of drug-likeness (QED) is 0.716. The molecule has 13 heavy (non-hydrogen) atoms. The third-order valence-corrected chi connectivity index (χ3v) is 2.19. The molecule has 3 nitrogen and oxygen atoms in total. The molecule has 0 heterocycles. The van der Waals surface area contributed by atoms with Gasteiger partial charge in [0.1, 0.15) is 0 Å². The maximum absolute atomic E-state index is 5.16. The van der Waals surface area contributed by atoms with Crippen molar-refractivity contribution in [2.45, 2.75) is 0 Å². The van der Waals surface area contributed by atoms with Gasteiger partial charge in [-0.05, 0) is 0 Å². The van der Waals surface area contributed by atoms with Gasteiger partial charge < -0.3 is 0 Å². The average Bonchev–Trinajstić information content (AvgIpc) is 2.16. The SMILES string of the molecule is COc1cc([SeH])cc(OC)c1OC. The van der Waals surface area contributed by atoms with Gasteiger partial charge in [-0.15, -0.1) is 0 Å². The molecule has 4 heteroatoms. The van der Waals surface area contributed by atoms with E-state index >= 15 is 0 Å². The Balaban J connectivity index is 3.25. The van der Waals surface area contributed by atoms with Gasteiger partial charge in [-0.2, -0.15) is 0 Å². The molecule has 0 unspecified atom stereocenters. The number of ether oxygens (including phenoxy) is 3. The van der Waals surface area contributed by atoms with Crippen LogP contribution in [0.1, 0.15) is 0 Å². The standard InChI is InChI=1S/C9H12O3Se/c1-10-7-4-6(13)5-8(11-2)9(7)12-3/h4-5,13H,1-3H3. The van der Waals surface area contributed by atoms with Crippen LogP contribution < -0.4 is 18.7 Å². The third kappa shape index (κ3) is 2.08. The Hall–Kier alpha value is -0.861. The molecule has 72 valence electrons. The van der Waals surface area contributed by atoms with Crippen LogP contribution in [-0.4, -0.2) is 37.3 Å². The minimum atomic E-state index is 0.625. The molecule has 0 amide bonds. The summed E-state index contributed by atoms with van der Waals surface area (Å²) in [4.78, 5) is 0. The van der Waals surface area contributed by atoms with E-state index in [9.17, 15) is 0 Å². The Bertz CT molecular complexity index is 274. The van der Waals surface area contributed by atoms with Crippen LogP contribution in [-0.2, 0) is 0 Å². The molecule has 0 spiro atoms. The van der Waals surface area contributed by atoms with E-state index in [0.717, 1.165) is 4.46 Å². The van der Waals surface area contributed by atoms with Gasteiger partial charge in [0, 0.05) is 0 Å². The van der Waals surface area contributed by atoms with Crippen LogP contribution in [0.5, 0.6) is 17.2 Å². The molecule has 0 aliphatic heterocycles. The second-order valence-electron chi connectivity index (χ2n) is 2.38. The van der Waals surface area contributed by atoms with Crippen molar-refractivity contribution in [2.75, 3.05) is 21.3 Å². The van der Waals surface area contributed by atoms with Gasteiger partial charge in [0.15, 0.2) is 0 Å². The summed E-state index contributed by atoms with van der Waals surface area (Å²) in [6.45, 7) is 0. The fraction of sp³-hybridized carbons (Fsp3) is 0.333. The van der Waals surface area contributed by atoms with E-state index in [1.807, 2.05) is 12.1 Å². The molecule has 0 aromatic heterocycles. The first-order valence-electron chi connectivity index (χ1n) is 3.72. The van der Waals surface area contributed by atoms with Gasteiger partial charge in [-0.25, -0.2) is 0 Å². The van der Waals surface area contributed by atoms with Crippen LogP contribution in [0.15, 0.2) is 12.1 Å². The van der Waals surface area contributed by atoms with E-state index in [1.54, 1.807) is 21.3 Å². The molecular formula is C9H12O3Se. The van der Waals surface area contributed by atoms with Crippen LogP contribution in [0.3, 0.4) is 0 Å². The number of hydrogen-bond acceptors (Lipinski definition) is 3. The van der Waals surface area contributed by atoms with Crippen molar-refractivity contribution in [3.05, 3.63) is 12.1 Å². The molecule has 0 radical (unpaired) electrons. The van der Waals surface area contributed by atoms with Crippen molar-refractivity contribution < 1.29 is 14.2 Å². The van der Waals surface area contributed by atoms with Crippen LogP contribution in [0.4, 0.5) is 0 Å². The van der Waals surface area contributed by atoms with Crippen LogP contribution in [0, 0.1) is 0 Å². The Morgan fingerprint density at radius 3 is 1.69 bits per heavy atom. The van der Waals surface area contributed by atoms with E-state index in [-0.39, 0.29) is 0 Å². The number of rotatable bonds is 3. The topological polar surface area (TPSA) is 27.7 Å². The third-order valence-electron chi connectivity index (χ3n) is 1.65. The summed E-state index contributed by atoms with van der Waals surface area (Å²) in [5, 5.41) is 0. The summed E-state index contributed by atoms with van der Waals surface area (Å²) in [6, 6.07) is 3.75. The zero-order valence-electron chi connectivity index (χ0n) is 7.83. The van der Waals surface area contributed by atoms with E-state index in [1.165, 1.54) is 0 Å². The minimum absolute atomic E-state index is 0.625. The second-order valence-corrected chi connectivity index (χ2v) is 3.47. The van der Waals surface area contributed by atoms with Crippen LogP contribution in [0.2, 0.25) is 0 Å². The molecular weight excluding hydrogens is 235 g/mol. The zero-order chi connectivity index (χ0) is 9.84. The normalized spacial score (nSPS) is 9.54. The van der Waals surface area contributed by atoms with Crippen molar-refractivity contribution >= 4 is 20.5 Å². The van der Waals surface area contributed by atoms with Crippen LogP contribution in [0.25, 0.3) is 0 Å². The Labute approximate surface area is 85.8 Å². The molecule has 0 bridgehead atoms. The molecule has 0 saturated heterocycles. The van der Waals surface area contributed by atoms with E-state index in [4.69, 9.17) is 14.2 Å². The summed E-state index contributed by atoms with van der Waals surface area (Å²) >= 11 is 2.43. The predicted molar refractivity (Wildman–Crippen MR) is 52.9 cm³/mol. The Kier molecular flexibility index (Phi) is 3.46. The monoisotopic (exact) mass is 248 g/mol. The number of benzene rings is 1. The predicted octanol–water partition coefficient (Wildman–Crippen LogP) is 0.238. The number of methoxy groups -OCH3 is 3. The van der Waals surface area contributed by atoms with Crippen molar-refractivity contribution in [3.8, 4) is 17.2 Å². The van der Waals surface area contributed by atoms with E-state index in [0.29, 0.717) is 17.2 Å². The summed E-state index contributed by atoms with van der Waals surface area (Å²) < 4.78 is 16.5. The maximum atomic E-state index is 5.16. The summed E-state index contributed by atoms with van der Waals surface area (Å²) in [6.07, 6.45) is 0. The van der Waals surface area contributed by atoms with Gasteiger partial charge >= 0.3 is 85.4 Å². The molecule has 0 aliphatic carbocycles. The molecule has 1 aromatic carbocycles. The Morgan fingerprint density at radius 2 is 1.38 bits per heavy atom. The first kappa shape index (κ1) is 10.2. The fourth-order valence-corrected chi connectivity index (χ4v) is 1.56. The zero-order valence-corrected chi connectivity index (χ0v) is 9.70. The second kappa shape index (κ2) is 4.40. The van der Waals surface area contributed by atoms with Gasteiger partial charge in [-0.3, -0.25) is 0 Å². The summed E-state index contributed by atoms with van der Waals surface area (Å²) in [5.74, 6) is 1.98. The molecule has 0 atom stereocenters. The Morgan fingerprint density at radius 1 is 0.923 bits per heavy atom. The van der Waals surface area contributed by atoms with Gasteiger partial charge in [-0.1, -0.05) is 0 Å². The van der Waals surface area contributed by atoms with Gasteiger partial charge in [0.2, 0.25) is 0 Å². The molecule has 1 aromatic rings. The number of hydrogen-bond donors (Lipinski definition) is 0. The molecule has 0 aliphatic rings. The summed E-state index contributed by atoms with van der Waals surface area (Å²) in [5.41, 5.74) is 0. The fourth-order valence-electron chi connectivity index (χ4n) is 1.07. The van der Waals surface area contributed by atoms with Crippen LogP contribution >= 0.6 is 0 Å². The average molecular weight is 247 g/mol. The summed E-state index contributed by atoms with van der Waals surface area (Å²) in [7, 11) is 4.79. The van der Waals surface area contributed by atoms with Gasteiger partial charge in [0.05, 0.1) is 0 Å². The molecule has 1 rings (SSSR count). The molecule has 0 saturated carbocycles. The van der Waals surface area contributed by atoms with Gasteiger partial charge in [0.25, 0.3) is 0 Å². The molecule has 0 N–H and O–H groups in total. The first-order valence-corrected chi connectivity index (χ1v) is 4.65. The van der Waals surface area contributed by atoms with Crippen molar-refractivity contribution in [3.63, 3.8) is 0 Å². The first-order chi connectivity index (χ1) is 6.22. The van der Waals surface area contributed by atoms with Crippen molar-refractivity contribution in [1.82, 2.24) is 0 Å². The van der Waals surface area contributed by atoms with Crippen molar-refractivity contribution in [1.29, 1.82) is 0 Å².